The number of ether oxygens (including phenoxy) is 2. The molecule has 1 amide bonds. The van der Waals surface area contributed by atoms with Gasteiger partial charge in [0.2, 0.25) is 0 Å². The quantitative estimate of drug-likeness (QED) is 0.535. The molecular formula is C19H18N2O5S3. The molecule has 2 aromatic rings. The van der Waals surface area contributed by atoms with Gasteiger partial charge in [-0.25, -0.2) is 13.4 Å². The smallest absolute Gasteiger partial charge is 0.281 e. The molecule has 1 fully saturated rings. The van der Waals surface area contributed by atoms with Crippen LogP contribution in [0.5, 0.6) is 11.5 Å². The number of methoxy groups -OCH3 is 2. The third-order valence-corrected chi connectivity index (χ3v) is 6.66. The van der Waals surface area contributed by atoms with Crippen LogP contribution in [-0.2, 0) is 14.8 Å². The fraction of sp³-hybridized carbons (Fsp3) is 0.158. The molecule has 29 heavy (non-hydrogen) atoms. The molecule has 1 N–H and O–H groups in total. The first-order valence-electron chi connectivity index (χ1n) is 8.34. The number of thiocarbonyl (C=S) groups is 1. The minimum absolute atomic E-state index is 0.0426. The molecule has 7 nitrogen and oxygen atoms in total. The van der Waals surface area contributed by atoms with Gasteiger partial charge < -0.3 is 9.47 Å². The molecular weight excluding hydrogens is 432 g/mol. The number of carbonyl (C=O) groups is 1. The first-order chi connectivity index (χ1) is 13.7. The minimum Gasteiger partial charge on any atom is -0.493 e. The van der Waals surface area contributed by atoms with Gasteiger partial charge in [0, 0.05) is 0 Å². The second-order valence-electron chi connectivity index (χ2n) is 6.04. The lowest BCUT2D eigenvalue weighted by atomic mass is 10.2. The van der Waals surface area contributed by atoms with Crippen LogP contribution < -0.4 is 14.3 Å². The lowest BCUT2D eigenvalue weighted by Gasteiger charge is -2.16. The minimum atomic E-state index is -3.95. The molecule has 0 unspecified atom stereocenters. The van der Waals surface area contributed by atoms with E-state index in [9.17, 15) is 13.2 Å². The van der Waals surface area contributed by atoms with Gasteiger partial charge in [0.1, 0.15) is 0 Å². The summed E-state index contributed by atoms with van der Waals surface area (Å²) in [6, 6.07) is 11.5. The molecule has 0 atom stereocenters. The van der Waals surface area contributed by atoms with Crippen molar-refractivity contribution in [1.29, 1.82) is 0 Å². The first kappa shape index (κ1) is 21.3. The molecule has 1 heterocycles. The zero-order valence-corrected chi connectivity index (χ0v) is 18.3. The summed E-state index contributed by atoms with van der Waals surface area (Å²) < 4.78 is 35.7. The Hall–Kier alpha value is -2.40. The van der Waals surface area contributed by atoms with Gasteiger partial charge in [-0.15, -0.1) is 4.83 Å². The zero-order chi connectivity index (χ0) is 21.2. The molecule has 0 aromatic heterocycles. The number of thioether (sulfide) groups is 1. The lowest BCUT2D eigenvalue weighted by molar-refractivity contribution is -0.123. The number of hydrogen-bond acceptors (Lipinski definition) is 7. The van der Waals surface area contributed by atoms with Crippen molar-refractivity contribution in [2.24, 2.45) is 0 Å². The molecule has 3 rings (SSSR count). The normalized spacial score (nSPS) is 15.8. The van der Waals surface area contributed by atoms with Gasteiger partial charge in [0.05, 0.1) is 24.0 Å². The predicted octanol–water partition coefficient (Wildman–Crippen LogP) is 3.11. The monoisotopic (exact) mass is 450 g/mol. The van der Waals surface area contributed by atoms with Gasteiger partial charge in [0.25, 0.3) is 15.9 Å². The number of rotatable bonds is 6. The molecule has 152 valence electrons. The van der Waals surface area contributed by atoms with Crippen LogP contribution in [0.3, 0.4) is 0 Å². The fourth-order valence-electron chi connectivity index (χ4n) is 2.53. The lowest BCUT2D eigenvalue weighted by Crippen LogP contribution is -2.44. The van der Waals surface area contributed by atoms with Crippen molar-refractivity contribution in [3.8, 4) is 11.5 Å². The fourth-order valence-corrected chi connectivity index (χ4v) is 4.84. The molecule has 0 radical (unpaired) electrons. The molecule has 1 aliphatic heterocycles. The molecule has 2 aromatic carbocycles. The van der Waals surface area contributed by atoms with Crippen molar-refractivity contribution < 1.29 is 22.7 Å². The number of benzene rings is 2. The molecule has 0 spiro atoms. The zero-order valence-electron chi connectivity index (χ0n) is 15.8. The number of hydrogen-bond donors (Lipinski definition) is 1. The van der Waals surface area contributed by atoms with Gasteiger partial charge in [0.15, 0.2) is 15.8 Å². The number of nitrogens with one attached hydrogen (secondary N) is 1. The second kappa shape index (κ2) is 8.54. The molecule has 1 aliphatic rings. The van der Waals surface area contributed by atoms with E-state index in [1.807, 2.05) is 6.92 Å². The summed E-state index contributed by atoms with van der Waals surface area (Å²) >= 11 is 6.20. The maximum absolute atomic E-state index is 12.7. The van der Waals surface area contributed by atoms with Crippen molar-refractivity contribution in [2.75, 3.05) is 14.2 Å². The third kappa shape index (κ3) is 4.61. The third-order valence-electron chi connectivity index (χ3n) is 4.04. The van der Waals surface area contributed by atoms with E-state index in [-0.39, 0.29) is 14.1 Å². The van der Waals surface area contributed by atoms with Gasteiger partial charge in [-0.2, -0.15) is 0 Å². The number of hydrazine groups is 1. The molecule has 1 saturated heterocycles. The Kier molecular flexibility index (Phi) is 6.27. The highest BCUT2D eigenvalue weighted by Gasteiger charge is 2.35. The maximum atomic E-state index is 12.7. The average Bonchev–Trinajstić information content (AvgIpc) is 2.95. The Balaban J connectivity index is 1.84. The predicted molar refractivity (Wildman–Crippen MR) is 116 cm³/mol. The number of amides is 1. The summed E-state index contributed by atoms with van der Waals surface area (Å²) in [5.41, 5.74) is 1.61. The van der Waals surface area contributed by atoms with Crippen molar-refractivity contribution in [1.82, 2.24) is 9.84 Å². The summed E-state index contributed by atoms with van der Waals surface area (Å²) in [4.78, 5) is 15.3. The Morgan fingerprint density at radius 3 is 2.34 bits per heavy atom. The van der Waals surface area contributed by atoms with E-state index >= 15 is 0 Å². The summed E-state index contributed by atoms with van der Waals surface area (Å²) in [6.45, 7) is 1.85. The van der Waals surface area contributed by atoms with E-state index < -0.39 is 15.9 Å². The maximum Gasteiger partial charge on any atom is 0.281 e. The SMILES string of the molecule is COc1ccc(C=C2SC(=S)N(NS(=O)(=O)c3ccc(C)cc3)C2=O)cc1OC. The van der Waals surface area contributed by atoms with E-state index in [1.54, 1.807) is 36.4 Å². The molecule has 10 heteroatoms. The second-order valence-corrected chi connectivity index (χ2v) is 9.38. The van der Waals surface area contributed by atoms with Crippen LogP contribution in [0.25, 0.3) is 6.08 Å². The van der Waals surface area contributed by atoms with Crippen LogP contribution in [0.2, 0.25) is 0 Å². The number of carbonyl (C=O) groups excluding carboxylic acids is 1. The van der Waals surface area contributed by atoms with Gasteiger partial charge in [-0.3, -0.25) is 4.79 Å². The topological polar surface area (TPSA) is 84.9 Å². The Morgan fingerprint density at radius 2 is 1.72 bits per heavy atom. The Labute approximate surface area is 178 Å². The van der Waals surface area contributed by atoms with Crippen LogP contribution in [0.1, 0.15) is 11.1 Å². The van der Waals surface area contributed by atoms with Crippen LogP contribution in [0, 0.1) is 6.92 Å². The highest BCUT2D eigenvalue weighted by molar-refractivity contribution is 8.26. The average molecular weight is 451 g/mol. The van der Waals surface area contributed by atoms with Gasteiger partial charge in [-0.1, -0.05) is 47.7 Å². The largest absolute Gasteiger partial charge is 0.493 e. The Bertz CT molecular complexity index is 1100. The first-order valence-corrected chi connectivity index (χ1v) is 11.0. The summed E-state index contributed by atoms with van der Waals surface area (Å²) in [5, 5.41) is 0.863. The highest BCUT2D eigenvalue weighted by Crippen LogP contribution is 2.34. The van der Waals surface area contributed by atoms with Crippen LogP contribution >= 0.6 is 24.0 Å². The van der Waals surface area contributed by atoms with Crippen LogP contribution in [-0.4, -0.2) is 37.9 Å². The standard InChI is InChI=1S/C19H18N2O5S3/c1-12-4-7-14(8-5-12)29(23,24)20-21-18(22)17(28-19(21)27)11-13-6-9-15(25-2)16(10-13)26-3/h4-11,20H,1-3H3. The van der Waals surface area contributed by atoms with E-state index in [1.165, 1.54) is 26.4 Å². The molecule has 0 saturated carbocycles. The summed E-state index contributed by atoms with van der Waals surface area (Å²) in [5.74, 6) is 0.519. The van der Waals surface area contributed by atoms with Crippen molar-refractivity contribution in [3.63, 3.8) is 0 Å². The highest BCUT2D eigenvalue weighted by atomic mass is 32.2. The van der Waals surface area contributed by atoms with Gasteiger partial charge >= 0.3 is 0 Å². The number of aryl methyl sites for hydroxylation is 1. The van der Waals surface area contributed by atoms with E-state index in [2.05, 4.69) is 4.83 Å². The summed E-state index contributed by atoms with van der Waals surface area (Å²) in [6.07, 6.45) is 1.61. The van der Waals surface area contributed by atoms with Crippen molar-refractivity contribution in [2.45, 2.75) is 11.8 Å². The van der Waals surface area contributed by atoms with E-state index in [0.29, 0.717) is 17.1 Å². The summed E-state index contributed by atoms with van der Waals surface area (Å²) in [7, 11) is -0.906. The number of sulfonamides is 1. The van der Waals surface area contributed by atoms with Gasteiger partial charge in [-0.05, 0) is 42.8 Å². The Morgan fingerprint density at radius 1 is 1.07 bits per heavy atom. The van der Waals surface area contributed by atoms with E-state index in [4.69, 9.17) is 21.7 Å². The van der Waals surface area contributed by atoms with Crippen molar-refractivity contribution in [3.05, 3.63) is 58.5 Å². The van der Waals surface area contributed by atoms with Crippen LogP contribution in [0.15, 0.2) is 52.3 Å². The van der Waals surface area contributed by atoms with Crippen molar-refractivity contribution >= 4 is 50.3 Å². The van der Waals surface area contributed by atoms with E-state index in [0.717, 1.165) is 22.3 Å². The molecule has 0 aliphatic carbocycles. The number of nitrogens with zero attached hydrogens (tertiary/aromatic N) is 1. The molecule has 0 bridgehead atoms. The van der Waals surface area contributed by atoms with Crippen LogP contribution in [0.4, 0.5) is 0 Å².